The van der Waals surface area contributed by atoms with Crippen molar-refractivity contribution in [2.75, 3.05) is 13.2 Å². The smallest absolute Gasteiger partial charge is 0.380 e. The van der Waals surface area contributed by atoms with Gasteiger partial charge in [0.05, 0.1) is 13.2 Å². The highest BCUT2D eigenvalue weighted by Crippen LogP contribution is 2.25. The summed E-state index contributed by atoms with van der Waals surface area (Å²) in [6.45, 7) is 2.12. The molecule has 0 atom stereocenters. The van der Waals surface area contributed by atoms with Gasteiger partial charge in [0.2, 0.25) is 0 Å². The number of rotatable bonds is 4. The number of halogens is 3. The molecule has 0 fully saturated rings. The molecule has 0 amide bonds. The van der Waals surface area contributed by atoms with Gasteiger partial charge >= 0.3 is 11.9 Å². The van der Waals surface area contributed by atoms with Gasteiger partial charge in [-0.3, -0.25) is 9.36 Å². The maximum absolute atomic E-state index is 12.2. The molecular weight excluding hydrogens is 241 g/mol. The number of hydrogen-bond acceptors (Lipinski definition) is 3. The highest BCUT2D eigenvalue weighted by Gasteiger charge is 2.32. The third kappa shape index (κ3) is 3.45. The van der Waals surface area contributed by atoms with E-state index in [1.807, 2.05) is 0 Å². The molecule has 0 aliphatic rings. The van der Waals surface area contributed by atoms with E-state index in [4.69, 9.17) is 4.74 Å². The summed E-state index contributed by atoms with van der Waals surface area (Å²) in [5, 5.41) is 0. The van der Waals surface area contributed by atoms with E-state index in [0.29, 0.717) is 17.2 Å². The molecule has 1 aromatic rings. The Morgan fingerprint density at radius 2 is 2.06 bits per heavy atom. The summed E-state index contributed by atoms with van der Waals surface area (Å²) in [5.41, 5.74) is -3.44. The van der Waals surface area contributed by atoms with E-state index < -0.39 is 23.1 Å². The maximum atomic E-state index is 12.2. The predicted octanol–water partition coefficient (Wildman–Crippen LogP) is 0.592. The Morgan fingerprint density at radius 3 is 2.53 bits per heavy atom. The first-order valence-corrected chi connectivity index (χ1v) is 4.85. The van der Waals surface area contributed by atoms with E-state index in [0.717, 1.165) is 0 Å². The van der Waals surface area contributed by atoms with Crippen molar-refractivity contribution in [3.63, 3.8) is 0 Å². The van der Waals surface area contributed by atoms with Gasteiger partial charge in [0, 0.05) is 12.7 Å². The molecule has 0 aromatic carbocycles. The largest absolute Gasteiger partial charge is 0.431 e. The summed E-state index contributed by atoms with van der Waals surface area (Å²) in [7, 11) is 0. The van der Waals surface area contributed by atoms with Gasteiger partial charge in [-0.2, -0.15) is 13.2 Å². The van der Waals surface area contributed by atoms with E-state index in [-0.39, 0.29) is 13.2 Å². The first-order valence-electron chi connectivity index (χ1n) is 4.85. The topological polar surface area (TPSA) is 64.1 Å². The Hall–Kier alpha value is -1.57. The fraction of sp³-hybridized carbons (Fsp3) is 0.556. The molecule has 0 aliphatic carbocycles. The van der Waals surface area contributed by atoms with Crippen LogP contribution >= 0.6 is 0 Å². The fourth-order valence-corrected chi connectivity index (χ4v) is 1.18. The van der Waals surface area contributed by atoms with Crippen LogP contribution in [0.3, 0.4) is 0 Å². The molecule has 1 N–H and O–H groups in total. The standard InChI is InChI=1S/C9H11F3N2O3/c1-2-17-4-3-14-7(15)5-6(9(10,11)12)13-8(14)16/h5H,2-4H2,1H3,(H,13,16). The first kappa shape index (κ1) is 13.5. The molecule has 0 radical (unpaired) electrons. The molecule has 0 bridgehead atoms. The monoisotopic (exact) mass is 252 g/mol. The molecule has 17 heavy (non-hydrogen) atoms. The molecule has 1 rings (SSSR count). The average Bonchev–Trinajstić information content (AvgIpc) is 2.20. The van der Waals surface area contributed by atoms with Crippen molar-refractivity contribution < 1.29 is 17.9 Å². The lowest BCUT2D eigenvalue weighted by atomic mass is 10.4. The number of aromatic nitrogens is 2. The molecule has 0 saturated heterocycles. The van der Waals surface area contributed by atoms with Crippen LogP contribution in [0, 0.1) is 0 Å². The molecule has 0 spiro atoms. The molecule has 1 aromatic heterocycles. The second kappa shape index (κ2) is 5.17. The lowest BCUT2D eigenvalue weighted by Gasteiger charge is -2.08. The predicted molar refractivity (Wildman–Crippen MR) is 52.8 cm³/mol. The van der Waals surface area contributed by atoms with Gasteiger partial charge in [-0.15, -0.1) is 0 Å². The van der Waals surface area contributed by atoms with Crippen LogP contribution in [0.5, 0.6) is 0 Å². The summed E-state index contributed by atoms with van der Waals surface area (Å²) in [6, 6.07) is 0.355. The number of H-pyrrole nitrogens is 1. The van der Waals surface area contributed by atoms with Crippen LogP contribution in [-0.2, 0) is 17.5 Å². The SMILES string of the molecule is CCOCCn1c(=O)cc(C(F)(F)F)[nH]c1=O. The molecule has 0 aliphatic heterocycles. The van der Waals surface area contributed by atoms with E-state index in [9.17, 15) is 22.8 Å². The second-order valence-corrected chi connectivity index (χ2v) is 3.17. The van der Waals surface area contributed by atoms with Gasteiger partial charge in [0.1, 0.15) is 5.69 Å². The first-order chi connectivity index (χ1) is 7.86. The summed E-state index contributed by atoms with van der Waals surface area (Å²) < 4.78 is 42.3. The van der Waals surface area contributed by atoms with E-state index in [1.165, 1.54) is 0 Å². The van der Waals surface area contributed by atoms with Gasteiger partial charge in [0.15, 0.2) is 0 Å². The quantitative estimate of drug-likeness (QED) is 0.798. The number of ether oxygens (including phenoxy) is 1. The highest BCUT2D eigenvalue weighted by molar-refractivity contribution is 5.03. The lowest BCUT2D eigenvalue weighted by Crippen LogP contribution is -2.38. The zero-order valence-electron chi connectivity index (χ0n) is 9.00. The van der Waals surface area contributed by atoms with Gasteiger partial charge in [-0.25, -0.2) is 4.79 Å². The second-order valence-electron chi connectivity index (χ2n) is 3.17. The molecule has 5 nitrogen and oxygen atoms in total. The minimum atomic E-state index is -4.74. The lowest BCUT2D eigenvalue weighted by molar-refractivity contribution is -0.141. The Labute approximate surface area is 93.8 Å². The zero-order chi connectivity index (χ0) is 13.1. The van der Waals surface area contributed by atoms with E-state index >= 15 is 0 Å². The highest BCUT2D eigenvalue weighted by atomic mass is 19.4. The Kier molecular flexibility index (Phi) is 4.11. The van der Waals surface area contributed by atoms with Crippen molar-refractivity contribution in [2.45, 2.75) is 19.6 Å². The number of alkyl halides is 3. The van der Waals surface area contributed by atoms with Crippen molar-refractivity contribution in [1.29, 1.82) is 0 Å². The summed E-state index contributed by atoms with van der Waals surface area (Å²) in [4.78, 5) is 24.2. The molecule has 0 unspecified atom stereocenters. The van der Waals surface area contributed by atoms with Crippen molar-refractivity contribution in [3.05, 3.63) is 32.6 Å². The van der Waals surface area contributed by atoms with Crippen molar-refractivity contribution in [2.24, 2.45) is 0 Å². The summed E-state index contributed by atoms with van der Waals surface area (Å²) >= 11 is 0. The molecule has 1 heterocycles. The average molecular weight is 252 g/mol. The molecule has 8 heteroatoms. The van der Waals surface area contributed by atoms with E-state index in [1.54, 1.807) is 11.9 Å². The van der Waals surface area contributed by atoms with Crippen LogP contribution < -0.4 is 11.2 Å². The number of nitrogens with zero attached hydrogens (tertiary/aromatic N) is 1. The zero-order valence-corrected chi connectivity index (χ0v) is 9.00. The third-order valence-electron chi connectivity index (χ3n) is 1.99. The van der Waals surface area contributed by atoms with Crippen molar-refractivity contribution >= 4 is 0 Å². The third-order valence-corrected chi connectivity index (χ3v) is 1.99. The van der Waals surface area contributed by atoms with Crippen molar-refractivity contribution in [1.82, 2.24) is 9.55 Å². The van der Waals surface area contributed by atoms with Crippen LogP contribution in [0.15, 0.2) is 15.7 Å². The van der Waals surface area contributed by atoms with Gasteiger partial charge < -0.3 is 9.72 Å². The minimum absolute atomic E-state index is 0.0832. The molecule has 0 saturated carbocycles. The van der Waals surface area contributed by atoms with Gasteiger partial charge in [-0.05, 0) is 6.92 Å². The van der Waals surface area contributed by atoms with Crippen LogP contribution in [0.2, 0.25) is 0 Å². The molecular formula is C9H11F3N2O3. The Morgan fingerprint density at radius 1 is 1.41 bits per heavy atom. The fourth-order valence-electron chi connectivity index (χ4n) is 1.18. The van der Waals surface area contributed by atoms with Crippen LogP contribution in [-0.4, -0.2) is 22.8 Å². The Bertz CT molecular complexity index is 458. The number of aromatic amines is 1. The number of hydrogen-bond donors (Lipinski definition) is 1. The van der Waals surface area contributed by atoms with Gasteiger partial charge in [0.25, 0.3) is 5.56 Å². The Balaban J connectivity index is 3.04. The molecule has 96 valence electrons. The van der Waals surface area contributed by atoms with Crippen LogP contribution in [0.25, 0.3) is 0 Å². The number of nitrogens with one attached hydrogen (secondary N) is 1. The van der Waals surface area contributed by atoms with E-state index in [2.05, 4.69) is 0 Å². The minimum Gasteiger partial charge on any atom is -0.380 e. The normalized spacial score (nSPS) is 11.8. The summed E-state index contributed by atoms with van der Waals surface area (Å²) in [5.74, 6) is 0. The van der Waals surface area contributed by atoms with Crippen LogP contribution in [0.1, 0.15) is 12.6 Å². The van der Waals surface area contributed by atoms with Gasteiger partial charge in [-0.1, -0.05) is 0 Å². The summed E-state index contributed by atoms with van der Waals surface area (Å²) in [6.07, 6.45) is -4.74. The van der Waals surface area contributed by atoms with Crippen LogP contribution in [0.4, 0.5) is 13.2 Å². The maximum Gasteiger partial charge on any atom is 0.431 e. The van der Waals surface area contributed by atoms with Crippen molar-refractivity contribution in [3.8, 4) is 0 Å².